The first-order valence-electron chi connectivity index (χ1n) is 12.3. The number of ketones is 1. The lowest BCUT2D eigenvalue weighted by atomic mass is 9.71. The summed E-state index contributed by atoms with van der Waals surface area (Å²) < 4.78 is 24.9. The second-order valence-corrected chi connectivity index (χ2v) is 9.37. The molecule has 3 aromatic rings. The molecule has 0 fully saturated rings. The minimum Gasteiger partial charge on any atom is -0.496 e. The highest BCUT2D eigenvalue weighted by Gasteiger charge is 2.42. The number of ether oxygens (including phenoxy) is 2. The molecular weight excluding hydrogens is 469 g/mol. The van der Waals surface area contributed by atoms with Crippen LogP contribution in [0, 0.1) is 5.82 Å². The zero-order chi connectivity index (χ0) is 25.9. The number of benzene rings is 3. The second-order valence-electron chi connectivity index (χ2n) is 9.37. The molecule has 1 aliphatic heterocycles. The van der Waals surface area contributed by atoms with Crippen LogP contribution in [-0.2, 0) is 20.9 Å². The molecule has 0 spiro atoms. The lowest BCUT2D eigenvalue weighted by molar-refractivity contribution is -0.140. The molecule has 1 aliphatic carbocycles. The summed E-state index contributed by atoms with van der Waals surface area (Å²) in [6.45, 7) is 1.96. The molecule has 0 aromatic heterocycles. The van der Waals surface area contributed by atoms with Crippen molar-refractivity contribution in [2.75, 3.05) is 7.11 Å². The van der Waals surface area contributed by atoms with E-state index in [-0.39, 0.29) is 30.5 Å². The van der Waals surface area contributed by atoms with Gasteiger partial charge in [0.15, 0.2) is 5.78 Å². The smallest absolute Gasteiger partial charge is 0.337 e. The van der Waals surface area contributed by atoms with E-state index >= 15 is 0 Å². The van der Waals surface area contributed by atoms with Crippen LogP contribution in [0.3, 0.4) is 0 Å². The second kappa shape index (κ2) is 10.4. The molecular formula is C31H28FNO4. The molecule has 0 unspecified atom stereocenters. The van der Waals surface area contributed by atoms with Gasteiger partial charge in [0.25, 0.3) is 0 Å². The zero-order valence-electron chi connectivity index (χ0n) is 20.8. The van der Waals surface area contributed by atoms with Gasteiger partial charge in [-0.1, -0.05) is 60.7 Å². The van der Waals surface area contributed by atoms with Crippen molar-refractivity contribution in [3.05, 3.63) is 124 Å². The fourth-order valence-corrected chi connectivity index (χ4v) is 5.30. The molecule has 1 heterocycles. The third-order valence-corrected chi connectivity index (χ3v) is 7.05. The van der Waals surface area contributed by atoms with E-state index in [1.807, 2.05) is 61.5 Å². The van der Waals surface area contributed by atoms with Crippen molar-refractivity contribution in [3.8, 4) is 5.75 Å². The number of dihydropyridines is 1. The summed E-state index contributed by atoms with van der Waals surface area (Å²) in [6.07, 6.45) is 0.839. The molecule has 0 radical (unpaired) electrons. The van der Waals surface area contributed by atoms with E-state index in [1.165, 1.54) is 12.1 Å². The van der Waals surface area contributed by atoms with E-state index < -0.39 is 11.9 Å². The summed E-state index contributed by atoms with van der Waals surface area (Å²) in [6, 6.07) is 23.2. The summed E-state index contributed by atoms with van der Waals surface area (Å²) in [5.74, 6) is -0.967. The van der Waals surface area contributed by atoms with Crippen molar-refractivity contribution in [1.29, 1.82) is 0 Å². The Morgan fingerprint density at radius 3 is 2.41 bits per heavy atom. The number of esters is 1. The Morgan fingerprint density at radius 2 is 1.68 bits per heavy atom. The third-order valence-electron chi connectivity index (χ3n) is 7.05. The van der Waals surface area contributed by atoms with Crippen LogP contribution in [0.25, 0.3) is 0 Å². The number of nitrogens with one attached hydrogen (secondary N) is 1. The first-order valence-corrected chi connectivity index (χ1v) is 12.3. The lowest BCUT2D eigenvalue weighted by Gasteiger charge is -2.37. The zero-order valence-corrected chi connectivity index (χ0v) is 20.8. The van der Waals surface area contributed by atoms with Gasteiger partial charge in [-0.15, -0.1) is 0 Å². The Hall–Kier alpha value is -4.19. The van der Waals surface area contributed by atoms with Gasteiger partial charge in [0, 0.05) is 29.0 Å². The number of hydrogen-bond acceptors (Lipinski definition) is 5. The van der Waals surface area contributed by atoms with Gasteiger partial charge >= 0.3 is 5.97 Å². The van der Waals surface area contributed by atoms with Crippen LogP contribution in [0.5, 0.6) is 5.75 Å². The highest BCUT2D eigenvalue weighted by atomic mass is 19.1. The molecule has 2 atom stereocenters. The Labute approximate surface area is 215 Å². The predicted octanol–water partition coefficient (Wildman–Crippen LogP) is 5.94. The van der Waals surface area contributed by atoms with Crippen molar-refractivity contribution in [2.45, 2.75) is 38.2 Å². The fraction of sp³-hybridized carbons (Fsp3) is 0.226. The number of allylic oxidation sites excluding steroid dienone is 3. The molecule has 6 heteroatoms. The normalized spacial score (nSPS) is 19.3. The van der Waals surface area contributed by atoms with Gasteiger partial charge in [0.2, 0.25) is 0 Å². The molecule has 1 N–H and O–H groups in total. The van der Waals surface area contributed by atoms with Crippen molar-refractivity contribution in [2.24, 2.45) is 0 Å². The van der Waals surface area contributed by atoms with E-state index in [0.29, 0.717) is 29.0 Å². The molecule has 0 bridgehead atoms. The monoisotopic (exact) mass is 497 g/mol. The fourth-order valence-electron chi connectivity index (χ4n) is 5.30. The summed E-state index contributed by atoms with van der Waals surface area (Å²) in [5, 5.41) is 3.35. The van der Waals surface area contributed by atoms with Crippen molar-refractivity contribution in [3.63, 3.8) is 0 Å². The van der Waals surface area contributed by atoms with E-state index in [0.717, 1.165) is 22.4 Å². The van der Waals surface area contributed by atoms with Crippen molar-refractivity contribution in [1.82, 2.24) is 5.32 Å². The quantitative estimate of drug-likeness (QED) is 0.427. The lowest BCUT2D eigenvalue weighted by Crippen LogP contribution is -2.36. The topological polar surface area (TPSA) is 64.6 Å². The number of rotatable bonds is 6. The molecule has 5 nitrogen and oxygen atoms in total. The first-order chi connectivity index (χ1) is 18.0. The highest BCUT2D eigenvalue weighted by Crippen LogP contribution is 2.47. The maximum Gasteiger partial charge on any atom is 0.337 e. The average molecular weight is 498 g/mol. The Morgan fingerprint density at radius 1 is 0.973 bits per heavy atom. The van der Waals surface area contributed by atoms with Gasteiger partial charge in [-0.25, -0.2) is 9.18 Å². The molecule has 5 rings (SSSR count). The molecule has 0 saturated heterocycles. The van der Waals surface area contributed by atoms with Crippen molar-refractivity contribution < 1.29 is 23.5 Å². The number of halogens is 1. The van der Waals surface area contributed by atoms with Gasteiger partial charge in [0.1, 0.15) is 18.2 Å². The maximum absolute atomic E-state index is 13.7. The number of carbonyl (C=O) groups is 2. The van der Waals surface area contributed by atoms with E-state index in [2.05, 4.69) is 5.32 Å². The van der Waals surface area contributed by atoms with Gasteiger partial charge in [-0.05, 0) is 48.6 Å². The molecule has 37 heavy (non-hydrogen) atoms. The Balaban J connectivity index is 1.54. The number of Topliss-reactive ketones (excluding diaryl/α,β-unsaturated/α-hetero) is 1. The number of hydrogen-bond donors (Lipinski definition) is 1. The molecule has 3 aromatic carbocycles. The Kier molecular flexibility index (Phi) is 6.91. The average Bonchev–Trinajstić information content (AvgIpc) is 2.91. The van der Waals surface area contributed by atoms with Crippen LogP contribution in [-0.4, -0.2) is 18.9 Å². The van der Waals surface area contributed by atoms with Crippen LogP contribution >= 0.6 is 0 Å². The first kappa shape index (κ1) is 24.5. The van der Waals surface area contributed by atoms with Crippen LogP contribution < -0.4 is 10.1 Å². The van der Waals surface area contributed by atoms with Crippen LogP contribution in [0.15, 0.2) is 101 Å². The molecule has 0 amide bonds. The molecule has 2 aliphatic rings. The summed E-state index contributed by atoms with van der Waals surface area (Å²) >= 11 is 0. The van der Waals surface area contributed by atoms with E-state index in [1.54, 1.807) is 19.2 Å². The van der Waals surface area contributed by atoms with Gasteiger partial charge in [-0.3, -0.25) is 4.79 Å². The minimum atomic E-state index is -0.627. The van der Waals surface area contributed by atoms with Crippen LogP contribution in [0.2, 0.25) is 0 Å². The van der Waals surface area contributed by atoms with Crippen LogP contribution in [0.4, 0.5) is 4.39 Å². The maximum atomic E-state index is 13.7. The largest absolute Gasteiger partial charge is 0.496 e. The number of para-hydroxylation sites is 1. The predicted molar refractivity (Wildman–Crippen MR) is 138 cm³/mol. The van der Waals surface area contributed by atoms with Crippen molar-refractivity contribution >= 4 is 11.8 Å². The summed E-state index contributed by atoms with van der Waals surface area (Å²) in [4.78, 5) is 27.3. The molecule has 0 saturated carbocycles. The number of methoxy groups -OCH3 is 1. The van der Waals surface area contributed by atoms with Gasteiger partial charge < -0.3 is 14.8 Å². The summed E-state index contributed by atoms with van der Waals surface area (Å²) in [7, 11) is 1.58. The highest BCUT2D eigenvalue weighted by molar-refractivity contribution is 6.04. The Bertz CT molecular complexity index is 1390. The van der Waals surface area contributed by atoms with Gasteiger partial charge in [0.05, 0.1) is 18.6 Å². The minimum absolute atomic E-state index is 0.0557. The SMILES string of the molecule is COc1ccccc1[C@H]1C(C(=O)OCc2ccccc2)=C(C)NC2=C1C(=O)C[C@@H](c1ccc(F)cc1)C2. The van der Waals surface area contributed by atoms with E-state index in [4.69, 9.17) is 9.47 Å². The van der Waals surface area contributed by atoms with E-state index in [9.17, 15) is 14.0 Å². The van der Waals surface area contributed by atoms with Crippen LogP contribution in [0.1, 0.15) is 48.3 Å². The van der Waals surface area contributed by atoms with Gasteiger partial charge in [-0.2, -0.15) is 0 Å². The standard InChI is InChI=1S/C31H28FNO4/c1-19-28(31(35)37-18-20-8-4-3-5-9-20)29(24-10-6-7-11-27(24)36-2)30-25(33-19)16-22(17-26(30)34)21-12-14-23(32)15-13-21/h3-15,22,29,33H,16-18H2,1-2H3/t22-,29-/m0/s1. The third kappa shape index (κ3) is 4.92. The summed E-state index contributed by atoms with van der Waals surface area (Å²) in [5.41, 5.74) is 4.89. The number of carbonyl (C=O) groups excluding carboxylic acids is 2. The molecule has 188 valence electrons.